The monoisotopic (exact) mass is 329 g/mol. The van der Waals surface area contributed by atoms with Gasteiger partial charge >= 0.3 is 0 Å². The highest BCUT2D eigenvalue weighted by Crippen LogP contribution is 2.35. The molecule has 2 aromatic carbocycles. The fraction of sp³-hybridized carbons (Fsp3) is 0.200. The van der Waals surface area contributed by atoms with Crippen LogP contribution in [0.5, 0.6) is 0 Å². The average Bonchev–Trinajstić information content (AvgIpc) is 2.41. The Labute approximate surface area is 133 Å². The van der Waals surface area contributed by atoms with E-state index in [4.69, 9.17) is 34.8 Å². The molecule has 2 N–H and O–H groups in total. The van der Waals surface area contributed by atoms with E-state index in [9.17, 15) is 5.11 Å². The Morgan fingerprint density at radius 1 is 1.10 bits per heavy atom. The molecule has 2 nitrogen and oxygen atoms in total. The summed E-state index contributed by atoms with van der Waals surface area (Å²) in [6.45, 7) is 1.71. The first-order valence-electron chi connectivity index (χ1n) is 6.05. The first kappa shape index (κ1) is 15.5. The summed E-state index contributed by atoms with van der Waals surface area (Å²) in [5.74, 6) is 0. The van der Waals surface area contributed by atoms with Crippen LogP contribution in [0.15, 0.2) is 42.5 Å². The molecule has 1 unspecified atom stereocenters. The van der Waals surface area contributed by atoms with Crippen LogP contribution >= 0.6 is 34.8 Å². The van der Waals surface area contributed by atoms with Gasteiger partial charge in [0.05, 0.1) is 22.2 Å². The van der Waals surface area contributed by atoms with Crippen LogP contribution in [0, 0.1) is 0 Å². The number of aliphatic hydroxyl groups excluding tert-OH is 1. The van der Waals surface area contributed by atoms with Crippen LogP contribution in [0.3, 0.4) is 0 Å². The van der Waals surface area contributed by atoms with Gasteiger partial charge in [-0.05, 0) is 36.8 Å². The van der Waals surface area contributed by atoms with Gasteiger partial charge in [-0.3, -0.25) is 0 Å². The zero-order valence-electron chi connectivity index (χ0n) is 10.8. The average molecular weight is 331 g/mol. The number of aliphatic hydroxyl groups is 1. The van der Waals surface area contributed by atoms with Crippen molar-refractivity contribution in [3.63, 3.8) is 0 Å². The van der Waals surface area contributed by atoms with Crippen molar-refractivity contribution in [1.82, 2.24) is 0 Å². The van der Waals surface area contributed by atoms with Crippen LogP contribution in [-0.2, 0) is 5.54 Å². The van der Waals surface area contributed by atoms with Gasteiger partial charge < -0.3 is 10.4 Å². The van der Waals surface area contributed by atoms with Crippen LogP contribution in [-0.4, -0.2) is 11.7 Å². The van der Waals surface area contributed by atoms with Gasteiger partial charge in [-0.25, -0.2) is 0 Å². The zero-order valence-corrected chi connectivity index (χ0v) is 13.1. The molecule has 0 radical (unpaired) electrons. The van der Waals surface area contributed by atoms with Crippen molar-refractivity contribution >= 4 is 40.5 Å². The van der Waals surface area contributed by atoms with E-state index in [-0.39, 0.29) is 6.61 Å². The Balaban J connectivity index is 2.41. The van der Waals surface area contributed by atoms with Gasteiger partial charge in [0, 0.05) is 10.7 Å². The molecule has 0 amide bonds. The van der Waals surface area contributed by atoms with E-state index in [1.807, 2.05) is 25.1 Å². The van der Waals surface area contributed by atoms with Gasteiger partial charge in [0.25, 0.3) is 0 Å². The molecule has 0 aromatic heterocycles. The number of anilines is 1. The highest BCUT2D eigenvalue weighted by atomic mass is 35.5. The van der Waals surface area contributed by atoms with Crippen molar-refractivity contribution in [3.05, 3.63) is 63.1 Å². The van der Waals surface area contributed by atoms with Crippen molar-refractivity contribution in [2.24, 2.45) is 0 Å². The number of rotatable bonds is 4. The third kappa shape index (κ3) is 3.21. The molecule has 106 valence electrons. The molecule has 1 atom stereocenters. The number of hydrogen-bond acceptors (Lipinski definition) is 2. The number of hydrogen-bond donors (Lipinski definition) is 2. The fourth-order valence-electron chi connectivity index (χ4n) is 2.01. The van der Waals surface area contributed by atoms with Gasteiger partial charge in [-0.2, -0.15) is 0 Å². The molecule has 0 saturated heterocycles. The van der Waals surface area contributed by atoms with Crippen LogP contribution in [0.25, 0.3) is 0 Å². The van der Waals surface area contributed by atoms with E-state index in [0.717, 1.165) is 11.3 Å². The summed E-state index contributed by atoms with van der Waals surface area (Å²) >= 11 is 18.3. The normalized spacial score (nSPS) is 13.8. The zero-order chi connectivity index (χ0) is 14.8. The predicted octanol–water partition coefficient (Wildman–Crippen LogP) is 4.97. The SMILES string of the molecule is CC(CO)(Nc1cccc(Cl)c1)c1cccc(Cl)c1Cl. The quantitative estimate of drug-likeness (QED) is 0.830. The van der Waals surface area contributed by atoms with Gasteiger partial charge in [0.15, 0.2) is 0 Å². The molecular formula is C15H14Cl3NO. The van der Waals surface area contributed by atoms with E-state index < -0.39 is 5.54 Å². The van der Waals surface area contributed by atoms with E-state index in [2.05, 4.69) is 5.32 Å². The van der Waals surface area contributed by atoms with Crippen LogP contribution < -0.4 is 5.32 Å². The molecule has 0 aliphatic rings. The Bertz CT molecular complexity index is 618. The second-order valence-corrected chi connectivity index (χ2v) is 5.95. The van der Waals surface area contributed by atoms with Gasteiger partial charge in [0.1, 0.15) is 0 Å². The Morgan fingerprint density at radius 3 is 2.45 bits per heavy atom. The van der Waals surface area contributed by atoms with Crippen molar-refractivity contribution in [2.75, 3.05) is 11.9 Å². The van der Waals surface area contributed by atoms with Crippen LogP contribution in [0.2, 0.25) is 15.1 Å². The third-order valence-corrected chi connectivity index (χ3v) is 4.16. The molecule has 0 heterocycles. The lowest BCUT2D eigenvalue weighted by Gasteiger charge is -2.31. The minimum atomic E-state index is -0.757. The lowest BCUT2D eigenvalue weighted by Crippen LogP contribution is -2.36. The number of benzene rings is 2. The molecule has 2 aromatic rings. The molecule has 2 rings (SSSR count). The standard InChI is InChI=1S/C15H14Cl3NO/c1-15(9-20,12-6-3-7-13(17)14(12)18)19-11-5-2-4-10(16)8-11/h2-8,19-20H,9H2,1H3. The van der Waals surface area contributed by atoms with Crippen molar-refractivity contribution in [2.45, 2.75) is 12.5 Å². The Morgan fingerprint density at radius 2 is 1.80 bits per heavy atom. The van der Waals surface area contributed by atoms with E-state index in [1.165, 1.54) is 0 Å². The fourth-order valence-corrected chi connectivity index (χ4v) is 2.71. The summed E-state index contributed by atoms with van der Waals surface area (Å²) in [7, 11) is 0. The third-order valence-electron chi connectivity index (χ3n) is 3.11. The van der Waals surface area contributed by atoms with Gasteiger partial charge in [0.2, 0.25) is 0 Å². The molecule has 20 heavy (non-hydrogen) atoms. The van der Waals surface area contributed by atoms with E-state index in [1.54, 1.807) is 24.3 Å². The van der Waals surface area contributed by atoms with Crippen molar-refractivity contribution < 1.29 is 5.11 Å². The minimum Gasteiger partial charge on any atom is -0.394 e. The molecule has 0 bridgehead atoms. The van der Waals surface area contributed by atoms with E-state index >= 15 is 0 Å². The summed E-state index contributed by atoms with van der Waals surface area (Å²) < 4.78 is 0. The minimum absolute atomic E-state index is 0.139. The molecule has 0 saturated carbocycles. The Hall–Kier alpha value is -0.930. The number of nitrogens with one attached hydrogen (secondary N) is 1. The highest BCUT2D eigenvalue weighted by Gasteiger charge is 2.28. The first-order valence-corrected chi connectivity index (χ1v) is 7.19. The van der Waals surface area contributed by atoms with E-state index in [0.29, 0.717) is 15.1 Å². The highest BCUT2D eigenvalue weighted by molar-refractivity contribution is 6.42. The van der Waals surface area contributed by atoms with Gasteiger partial charge in [-0.15, -0.1) is 0 Å². The summed E-state index contributed by atoms with van der Waals surface area (Å²) in [5, 5.41) is 14.5. The number of halogens is 3. The Kier molecular flexibility index (Phi) is 4.82. The lowest BCUT2D eigenvalue weighted by atomic mass is 9.92. The maximum absolute atomic E-state index is 9.79. The summed E-state index contributed by atoms with van der Waals surface area (Å²) in [5.41, 5.74) is 0.770. The molecule has 0 aliphatic carbocycles. The first-order chi connectivity index (χ1) is 9.46. The molecule has 0 spiro atoms. The van der Waals surface area contributed by atoms with Crippen LogP contribution in [0.4, 0.5) is 5.69 Å². The summed E-state index contributed by atoms with van der Waals surface area (Å²) in [6.07, 6.45) is 0. The largest absolute Gasteiger partial charge is 0.394 e. The van der Waals surface area contributed by atoms with Crippen molar-refractivity contribution in [1.29, 1.82) is 0 Å². The molecule has 0 fully saturated rings. The summed E-state index contributed by atoms with van der Waals surface area (Å²) in [6, 6.07) is 12.6. The van der Waals surface area contributed by atoms with Crippen molar-refractivity contribution in [3.8, 4) is 0 Å². The predicted molar refractivity (Wildman–Crippen MR) is 86.0 cm³/mol. The molecule has 5 heteroatoms. The smallest absolute Gasteiger partial charge is 0.0843 e. The summed E-state index contributed by atoms with van der Waals surface area (Å²) in [4.78, 5) is 0. The second-order valence-electron chi connectivity index (χ2n) is 4.73. The second kappa shape index (κ2) is 6.23. The maximum Gasteiger partial charge on any atom is 0.0843 e. The lowest BCUT2D eigenvalue weighted by molar-refractivity contribution is 0.224. The maximum atomic E-state index is 9.79. The topological polar surface area (TPSA) is 32.3 Å². The van der Waals surface area contributed by atoms with Gasteiger partial charge in [-0.1, -0.05) is 53.0 Å². The molecule has 0 aliphatic heterocycles. The van der Waals surface area contributed by atoms with Crippen LogP contribution in [0.1, 0.15) is 12.5 Å². The molecular weight excluding hydrogens is 317 g/mol.